The number of nitrogens with zero attached hydrogens (tertiary/aromatic N) is 6. The van der Waals surface area contributed by atoms with Gasteiger partial charge in [-0.3, -0.25) is 4.79 Å². The minimum absolute atomic E-state index is 0.0644. The minimum Gasteiger partial charge on any atom is -0.490 e. The molecule has 0 bridgehead atoms. The van der Waals surface area contributed by atoms with Gasteiger partial charge in [0.2, 0.25) is 5.91 Å². The van der Waals surface area contributed by atoms with Crippen molar-refractivity contribution in [3.8, 4) is 11.4 Å². The van der Waals surface area contributed by atoms with E-state index in [1.54, 1.807) is 16.8 Å². The SMILES string of the molecule is CC(C)Oc1cccc2c1c(NC(=O)Cn1cnnn1)nn2-c1ccc(F)cc1. The summed E-state index contributed by atoms with van der Waals surface area (Å²) in [6.45, 7) is 3.77. The second kappa shape index (κ2) is 7.66. The van der Waals surface area contributed by atoms with Crippen LogP contribution in [-0.4, -0.2) is 42.0 Å². The van der Waals surface area contributed by atoms with Crippen molar-refractivity contribution in [3.63, 3.8) is 0 Å². The second-order valence-electron chi connectivity index (χ2n) is 6.61. The van der Waals surface area contributed by atoms with Crippen molar-refractivity contribution < 1.29 is 13.9 Å². The van der Waals surface area contributed by atoms with Crippen LogP contribution in [0.25, 0.3) is 16.6 Å². The first-order valence-corrected chi connectivity index (χ1v) is 8.96. The van der Waals surface area contributed by atoms with E-state index in [0.29, 0.717) is 28.2 Å². The zero-order chi connectivity index (χ0) is 20.4. The van der Waals surface area contributed by atoms with Crippen LogP contribution in [0.15, 0.2) is 48.8 Å². The number of tetrazole rings is 1. The first-order chi connectivity index (χ1) is 14.0. The normalized spacial score (nSPS) is 11.2. The molecule has 0 spiro atoms. The van der Waals surface area contributed by atoms with Gasteiger partial charge in [0.15, 0.2) is 5.82 Å². The van der Waals surface area contributed by atoms with Crippen LogP contribution >= 0.6 is 0 Å². The van der Waals surface area contributed by atoms with Gasteiger partial charge >= 0.3 is 0 Å². The number of hydrogen-bond acceptors (Lipinski definition) is 6. The molecule has 0 atom stereocenters. The molecule has 0 saturated heterocycles. The molecule has 4 rings (SSSR count). The number of nitrogens with one attached hydrogen (secondary N) is 1. The molecule has 0 aliphatic carbocycles. The van der Waals surface area contributed by atoms with Gasteiger partial charge in [0.05, 0.1) is 22.7 Å². The maximum Gasteiger partial charge on any atom is 0.247 e. The van der Waals surface area contributed by atoms with E-state index >= 15 is 0 Å². The van der Waals surface area contributed by atoms with Crippen LogP contribution in [0.5, 0.6) is 5.75 Å². The molecule has 10 heteroatoms. The molecule has 2 aromatic heterocycles. The van der Waals surface area contributed by atoms with Crippen molar-refractivity contribution in [2.75, 3.05) is 5.32 Å². The van der Waals surface area contributed by atoms with Gasteiger partial charge in [0, 0.05) is 0 Å². The molecular weight excluding hydrogens is 377 g/mol. The van der Waals surface area contributed by atoms with Gasteiger partial charge in [-0.25, -0.2) is 13.8 Å². The third-order valence-corrected chi connectivity index (χ3v) is 4.06. The number of amides is 1. The van der Waals surface area contributed by atoms with Crippen molar-refractivity contribution in [1.29, 1.82) is 0 Å². The molecule has 0 aliphatic heterocycles. The van der Waals surface area contributed by atoms with E-state index in [2.05, 4.69) is 25.9 Å². The van der Waals surface area contributed by atoms with Crippen molar-refractivity contribution in [3.05, 3.63) is 54.6 Å². The molecular formula is C19H18FN7O2. The van der Waals surface area contributed by atoms with Gasteiger partial charge in [-0.1, -0.05) is 6.07 Å². The highest BCUT2D eigenvalue weighted by Crippen LogP contribution is 2.34. The van der Waals surface area contributed by atoms with E-state index in [4.69, 9.17) is 4.74 Å². The second-order valence-corrected chi connectivity index (χ2v) is 6.61. The van der Waals surface area contributed by atoms with E-state index < -0.39 is 0 Å². The summed E-state index contributed by atoms with van der Waals surface area (Å²) in [5.41, 5.74) is 1.37. The lowest BCUT2D eigenvalue weighted by molar-refractivity contribution is -0.116. The van der Waals surface area contributed by atoms with E-state index in [1.807, 2.05) is 32.0 Å². The lowest BCUT2D eigenvalue weighted by Crippen LogP contribution is -2.19. The molecule has 0 unspecified atom stereocenters. The standard InChI is InChI=1S/C19H18FN7O2/c1-12(2)29-16-5-3-4-15-18(16)19(22-17(28)10-26-11-21-24-25-26)23-27(15)14-8-6-13(20)7-9-14/h3-9,11-12H,10H2,1-2H3,(H,22,23,28). The summed E-state index contributed by atoms with van der Waals surface area (Å²) in [5, 5.41) is 18.7. The topological polar surface area (TPSA) is 99.8 Å². The number of anilines is 1. The monoisotopic (exact) mass is 395 g/mol. The molecule has 0 fully saturated rings. The molecule has 2 heterocycles. The average Bonchev–Trinajstić information content (AvgIpc) is 3.31. The third kappa shape index (κ3) is 3.91. The van der Waals surface area contributed by atoms with Crippen LogP contribution in [0.1, 0.15) is 13.8 Å². The molecule has 1 amide bonds. The highest BCUT2D eigenvalue weighted by Gasteiger charge is 2.19. The van der Waals surface area contributed by atoms with Crippen LogP contribution in [-0.2, 0) is 11.3 Å². The summed E-state index contributed by atoms with van der Waals surface area (Å²) in [4.78, 5) is 12.5. The zero-order valence-electron chi connectivity index (χ0n) is 15.8. The highest BCUT2D eigenvalue weighted by atomic mass is 19.1. The maximum atomic E-state index is 13.4. The van der Waals surface area contributed by atoms with E-state index in [0.717, 1.165) is 0 Å². The number of hydrogen-bond donors (Lipinski definition) is 1. The third-order valence-electron chi connectivity index (χ3n) is 4.06. The summed E-state index contributed by atoms with van der Waals surface area (Å²) in [5.74, 6) is 0.230. The fraction of sp³-hybridized carbons (Fsp3) is 0.211. The number of halogens is 1. The molecule has 4 aromatic rings. The van der Waals surface area contributed by atoms with Crippen LogP contribution in [0.3, 0.4) is 0 Å². The Morgan fingerprint density at radius 2 is 2.00 bits per heavy atom. The van der Waals surface area contributed by atoms with Crippen molar-refractivity contribution >= 4 is 22.6 Å². The number of carbonyl (C=O) groups excluding carboxylic acids is 1. The van der Waals surface area contributed by atoms with E-state index in [9.17, 15) is 9.18 Å². The van der Waals surface area contributed by atoms with Crippen LogP contribution < -0.4 is 10.1 Å². The number of rotatable bonds is 6. The zero-order valence-corrected chi connectivity index (χ0v) is 15.8. The van der Waals surface area contributed by atoms with Gasteiger partial charge in [-0.15, -0.1) is 10.2 Å². The smallest absolute Gasteiger partial charge is 0.247 e. The molecule has 1 N–H and O–H groups in total. The quantitative estimate of drug-likeness (QED) is 0.539. The summed E-state index contributed by atoms with van der Waals surface area (Å²) >= 11 is 0. The molecule has 29 heavy (non-hydrogen) atoms. The Hall–Kier alpha value is -3.82. The Kier molecular flexibility index (Phi) is 4.90. The predicted octanol–water partition coefficient (Wildman–Crippen LogP) is 2.58. The fourth-order valence-corrected chi connectivity index (χ4v) is 2.93. The molecule has 9 nitrogen and oxygen atoms in total. The fourth-order valence-electron chi connectivity index (χ4n) is 2.93. The highest BCUT2D eigenvalue weighted by molar-refractivity contribution is 6.03. The molecule has 0 radical (unpaired) electrons. The largest absolute Gasteiger partial charge is 0.490 e. The van der Waals surface area contributed by atoms with Crippen LogP contribution in [0.2, 0.25) is 0 Å². The number of carbonyl (C=O) groups is 1. The molecule has 2 aromatic carbocycles. The van der Waals surface area contributed by atoms with Crippen molar-refractivity contribution in [2.45, 2.75) is 26.5 Å². The number of fused-ring (bicyclic) bond motifs is 1. The molecule has 0 aliphatic rings. The van der Waals surface area contributed by atoms with Crippen molar-refractivity contribution in [2.24, 2.45) is 0 Å². The lowest BCUT2D eigenvalue weighted by atomic mass is 10.2. The Labute approximate surface area is 165 Å². The lowest BCUT2D eigenvalue weighted by Gasteiger charge is -2.11. The number of aromatic nitrogens is 6. The first-order valence-electron chi connectivity index (χ1n) is 8.96. The summed E-state index contributed by atoms with van der Waals surface area (Å²) in [6.07, 6.45) is 1.28. The predicted molar refractivity (Wildman–Crippen MR) is 103 cm³/mol. The van der Waals surface area contributed by atoms with Crippen LogP contribution in [0, 0.1) is 5.82 Å². The van der Waals surface area contributed by atoms with E-state index in [-0.39, 0.29) is 24.4 Å². The van der Waals surface area contributed by atoms with Crippen LogP contribution in [0.4, 0.5) is 10.2 Å². The van der Waals surface area contributed by atoms with Gasteiger partial charge in [0.1, 0.15) is 24.4 Å². The average molecular weight is 395 g/mol. The number of ether oxygens (including phenoxy) is 1. The van der Waals surface area contributed by atoms with E-state index in [1.165, 1.54) is 23.1 Å². The van der Waals surface area contributed by atoms with Gasteiger partial charge in [-0.2, -0.15) is 0 Å². The minimum atomic E-state index is -0.345. The van der Waals surface area contributed by atoms with Crippen molar-refractivity contribution in [1.82, 2.24) is 30.0 Å². The summed E-state index contributed by atoms with van der Waals surface area (Å²) < 4.78 is 22.2. The molecule has 148 valence electrons. The van der Waals surface area contributed by atoms with Gasteiger partial charge < -0.3 is 10.1 Å². The summed E-state index contributed by atoms with van der Waals surface area (Å²) in [6, 6.07) is 11.5. The number of benzene rings is 2. The maximum absolute atomic E-state index is 13.4. The molecule has 0 saturated carbocycles. The van der Waals surface area contributed by atoms with Gasteiger partial charge in [0.25, 0.3) is 0 Å². The summed E-state index contributed by atoms with van der Waals surface area (Å²) in [7, 11) is 0. The van der Waals surface area contributed by atoms with Gasteiger partial charge in [-0.05, 0) is 60.7 Å². The Balaban J connectivity index is 1.78. The first kappa shape index (κ1) is 18.5. The Morgan fingerprint density at radius 1 is 1.21 bits per heavy atom. The Bertz CT molecular complexity index is 1140. The Morgan fingerprint density at radius 3 is 2.69 bits per heavy atom.